The molecule has 1 unspecified atom stereocenters. The zero-order valence-electron chi connectivity index (χ0n) is 17.2. The average Bonchev–Trinajstić information content (AvgIpc) is 2.62. The van der Waals surface area contributed by atoms with Gasteiger partial charge in [-0.3, -0.25) is 9.10 Å². The number of carbonyl (C=O) groups excluding carboxylic acids is 1. The summed E-state index contributed by atoms with van der Waals surface area (Å²) in [5, 5.41) is 2.69. The maximum Gasteiger partial charge on any atom is 0.248 e. The number of nitrogens with one attached hydrogen (secondary N) is 1. The van der Waals surface area contributed by atoms with Crippen molar-refractivity contribution in [2.45, 2.75) is 46.1 Å². The number of benzene rings is 2. The maximum absolute atomic E-state index is 13.6. The van der Waals surface area contributed by atoms with Crippen LogP contribution in [0.5, 0.6) is 0 Å². The molecule has 0 fully saturated rings. The van der Waals surface area contributed by atoms with Crippen LogP contribution >= 0.6 is 11.6 Å². The fourth-order valence-corrected chi connectivity index (χ4v) is 4.61. The number of hydrogen-bond donors (Lipinski definition) is 1. The first-order valence-electron chi connectivity index (χ1n) is 9.32. The highest BCUT2D eigenvalue weighted by atomic mass is 35.5. The summed E-state index contributed by atoms with van der Waals surface area (Å²) in [7, 11) is -3.84. The fraction of sp³-hybridized carbons (Fsp3) is 0.381. The molecule has 0 aromatic heterocycles. The van der Waals surface area contributed by atoms with Crippen LogP contribution in [0.4, 0.5) is 15.8 Å². The van der Waals surface area contributed by atoms with Crippen molar-refractivity contribution < 1.29 is 17.6 Å². The molecule has 0 aliphatic heterocycles. The lowest BCUT2D eigenvalue weighted by atomic mass is 9.98. The van der Waals surface area contributed by atoms with Crippen molar-refractivity contribution in [3.05, 3.63) is 58.4 Å². The van der Waals surface area contributed by atoms with E-state index in [-0.39, 0.29) is 23.0 Å². The predicted octanol–water partition coefficient (Wildman–Crippen LogP) is 5.09. The van der Waals surface area contributed by atoms with Crippen molar-refractivity contribution in [1.82, 2.24) is 0 Å². The monoisotopic (exact) mass is 440 g/mol. The lowest BCUT2D eigenvalue weighted by Crippen LogP contribution is -2.47. The van der Waals surface area contributed by atoms with Gasteiger partial charge in [0, 0.05) is 5.69 Å². The molecule has 158 valence electrons. The number of halogens is 2. The van der Waals surface area contributed by atoms with E-state index in [2.05, 4.69) is 5.32 Å². The molecule has 1 amide bonds. The number of rotatable bonds is 7. The largest absolute Gasteiger partial charge is 0.324 e. The van der Waals surface area contributed by atoms with E-state index in [9.17, 15) is 17.6 Å². The Morgan fingerprint density at radius 2 is 1.90 bits per heavy atom. The summed E-state index contributed by atoms with van der Waals surface area (Å²) in [6.45, 7) is 7.64. The summed E-state index contributed by atoms with van der Waals surface area (Å²) < 4.78 is 39.6. The summed E-state index contributed by atoms with van der Waals surface area (Å²) >= 11 is 5.84. The fourth-order valence-electron chi connectivity index (χ4n) is 3.23. The number of carbonyl (C=O) groups is 1. The van der Waals surface area contributed by atoms with Gasteiger partial charge in [-0.1, -0.05) is 50.6 Å². The summed E-state index contributed by atoms with van der Waals surface area (Å²) in [6.07, 6.45) is 1.23. The number of hydrogen-bond acceptors (Lipinski definition) is 3. The Morgan fingerprint density at radius 3 is 2.41 bits per heavy atom. The normalized spacial score (nSPS) is 12.7. The van der Waals surface area contributed by atoms with Gasteiger partial charge in [-0.15, -0.1) is 0 Å². The SMILES string of the molecule is CCC(C(=O)Nc1c(C)cccc1C(C)C)N(c1ccc(F)c(Cl)c1)S(C)(=O)=O. The van der Waals surface area contributed by atoms with Gasteiger partial charge in [0.05, 0.1) is 17.0 Å². The van der Waals surface area contributed by atoms with Crippen LogP contribution in [0.1, 0.15) is 44.2 Å². The minimum Gasteiger partial charge on any atom is -0.324 e. The van der Waals surface area contributed by atoms with E-state index in [1.807, 2.05) is 39.0 Å². The lowest BCUT2D eigenvalue weighted by Gasteiger charge is -2.31. The van der Waals surface area contributed by atoms with Crippen LogP contribution in [0.3, 0.4) is 0 Å². The Balaban J connectivity index is 2.49. The third-order valence-electron chi connectivity index (χ3n) is 4.66. The van der Waals surface area contributed by atoms with Gasteiger partial charge in [-0.2, -0.15) is 0 Å². The number of aryl methyl sites for hydroxylation is 1. The average molecular weight is 441 g/mol. The van der Waals surface area contributed by atoms with Crippen LogP contribution < -0.4 is 9.62 Å². The summed E-state index contributed by atoms with van der Waals surface area (Å²) in [6, 6.07) is 8.30. The second kappa shape index (κ2) is 9.13. The molecule has 5 nitrogen and oxygen atoms in total. The molecule has 8 heteroatoms. The van der Waals surface area contributed by atoms with E-state index in [1.54, 1.807) is 6.92 Å². The van der Waals surface area contributed by atoms with Gasteiger partial charge in [0.2, 0.25) is 15.9 Å². The van der Waals surface area contributed by atoms with Crippen LogP contribution in [0.25, 0.3) is 0 Å². The van der Waals surface area contributed by atoms with E-state index < -0.39 is 27.8 Å². The molecule has 0 saturated heterocycles. The van der Waals surface area contributed by atoms with Crippen LogP contribution in [-0.2, 0) is 14.8 Å². The second-order valence-corrected chi connectivity index (χ2v) is 9.53. The van der Waals surface area contributed by atoms with Gasteiger partial charge in [-0.05, 0) is 48.6 Å². The van der Waals surface area contributed by atoms with Crippen LogP contribution in [0.15, 0.2) is 36.4 Å². The lowest BCUT2D eigenvalue weighted by molar-refractivity contribution is -0.117. The molecule has 2 aromatic carbocycles. The van der Waals surface area contributed by atoms with Gasteiger partial charge >= 0.3 is 0 Å². The number of sulfonamides is 1. The van der Waals surface area contributed by atoms with Crippen molar-refractivity contribution in [1.29, 1.82) is 0 Å². The summed E-state index contributed by atoms with van der Waals surface area (Å²) in [5.41, 5.74) is 2.66. The molecule has 0 saturated carbocycles. The van der Waals surface area contributed by atoms with Gasteiger partial charge in [0.25, 0.3) is 0 Å². The Kier molecular flexibility index (Phi) is 7.30. The second-order valence-electron chi connectivity index (χ2n) is 7.26. The highest BCUT2D eigenvalue weighted by Gasteiger charge is 2.32. The zero-order chi connectivity index (χ0) is 21.9. The minimum atomic E-state index is -3.84. The van der Waals surface area contributed by atoms with Gasteiger partial charge in [-0.25, -0.2) is 12.8 Å². The molecule has 2 rings (SSSR count). The highest BCUT2D eigenvalue weighted by molar-refractivity contribution is 7.92. The van der Waals surface area contributed by atoms with Crippen molar-refractivity contribution >= 4 is 38.9 Å². The minimum absolute atomic E-state index is 0.134. The summed E-state index contributed by atoms with van der Waals surface area (Å²) in [4.78, 5) is 13.2. The van der Waals surface area contributed by atoms with E-state index >= 15 is 0 Å². The predicted molar refractivity (Wildman–Crippen MR) is 117 cm³/mol. The molecular formula is C21H26ClFN2O3S. The molecule has 0 radical (unpaired) electrons. The zero-order valence-corrected chi connectivity index (χ0v) is 18.7. The quantitative estimate of drug-likeness (QED) is 0.651. The number of para-hydroxylation sites is 1. The number of anilines is 2. The standard InChI is InChI=1S/C21H26ClFN2O3S/c1-6-19(21(26)24-20-14(4)8-7-9-16(20)13(2)3)25(29(5,27)28)15-10-11-18(23)17(22)12-15/h7-13,19H,6H2,1-5H3,(H,24,26). The van der Waals surface area contributed by atoms with Crippen LogP contribution in [0.2, 0.25) is 5.02 Å². The Bertz CT molecular complexity index is 1010. The molecule has 1 N–H and O–H groups in total. The molecule has 29 heavy (non-hydrogen) atoms. The van der Waals surface area contributed by atoms with Crippen LogP contribution in [0, 0.1) is 12.7 Å². The van der Waals surface area contributed by atoms with Gasteiger partial charge in [0.15, 0.2) is 0 Å². The van der Waals surface area contributed by atoms with Crippen molar-refractivity contribution in [3.8, 4) is 0 Å². The topological polar surface area (TPSA) is 66.5 Å². The van der Waals surface area contributed by atoms with E-state index in [0.717, 1.165) is 27.8 Å². The van der Waals surface area contributed by atoms with Crippen LogP contribution in [-0.4, -0.2) is 26.6 Å². The first-order chi connectivity index (χ1) is 13.5. The maximum atomic E-state index is 13.6. The van der Waals surface area contributed by atoms with E-state index in [4.69, 9.17) is 11.6 Å². The molecule has 0 heterocycles. The molecule has 0 aliphatic rings. The molecule has 0 spiro atoms. The third kappa shape index (κ3) is 5.28. The van der Waals surface area contributed by atoms with Crippen molar-refractivity contribution in [3.63, 3.8) is 0 Å². The summed E-state index contributed by atoms with van der Waals surface area (Å²) in [5.74, 6) is -0.954. The van der Waals surface area contributed by atoms with E-state index in [0.29, 0.717) is 5.69 Å². The number of nitrogens with zero attached hydrogens (tertiary/aromatic N) is 1. The first-order valence-corrected chi connectivity index (χ1v) is 11.5. The first kappa shape index (κ1) is 23.2. The van der Waals surface area contributed by atoms with E-state index in [1.165, 1.54) is 12.1 Å². The van der Waals surface area contributed by atoms with Crippen molar-refractivity contribution in [2.24, 2.45) is 0 Å². The van der Waals surface area contributed by atoms with Gasteiger partial charge in [0.1, 0.15) is 11.9 Å². The smallest absolute Gasteiger partial charge is 0.248 e. The molecule has 0 aliphatic carbocycles. The number of amides is 1. The molecule has 1 atom stereocenters. The molecule has 0 bridgehead atoms. The van der Waals surface area contributed by atoms with Crippen molar-refractivity contribution in [2.75, 3.05) is 15.9 Å². The highest BCUT2D eigenvalue weighted by Crippen LogP contribution is 2.30. The Hall–Kier alpha value is -2.12. The molecule has 2 aromatic rings. The Morgan fingerprint density at radius 1 is 1.24 bits per heavy atom. The Labute approximate surface area is 176 Å². The molecular weight excluding hydrogens is 415 g/mol. The van der Waals surface area contributed by atoms with Gasteiger partial charge < -0.3 is 5.32 Å². The third-order valence-corrected chi connectivity index (χ3v) is 6.13.